The third-order valence-electron chi connectivity index (χ3n) is 31.9. The molecular weight excluding hydrogens is 1810 g/mol. The molecule has 0 atom stereocenters. The summed E-state index contributed by atoms with van der Waals surface area (Å²) in [5.74, 6) is 1.23. The van der Waals surface area contributed by atoms with E-state index in [1.165, 1.54) is 49.6 Å². The molecule has 0 fully saturated rings. The lowest BCUT2D eigenvalue weighted by atomic mass is 9.27. The van der Waals surface area contributed by atoms with Crippen LogP contribution in [0, 0.1) is 0 Å². The lowest BCUT2D eigenvalue weighted by Crippen LogP contribution is -2.70. The molecule has 0 N–H and O–H groups in total. The molecule has 20 aromatic carbocycles. The fourth-order valence-corrected chi connectivity index (χ4v) is 24.5. The second-order valence-corrected chi connectivity index (χ2v) is 45.5. The Kier molecular flexibility index (Phi) is 21.0. The van der Waals surface area contributed by atoms with Gasteiger partial charge in [0.05, 0.1) is 16.9 Å². The average molecular weight is 1920 g/mol. The molecule has 0 radical (unpaired) electrons. The molecule has 0 aromatic heterocycles. The predicted octanol–water partition coefficient (Wildman–Crippen LogP) is 30.5. The van der Waals surface area contributed by atoms with Crippen molar-refractivity contribution >= 4 is 161 Å². The summed E-state index contributed by atoms with van der Waals surface area (Å²) in [7, 11) is 0. The van der Waals surface area contributed by atoms with Gasteiger partial charge in [-0.3, -0.25) is 0 Å². The van der Waals surface area contributed by atoms with E-state index in [4.69, 9.17) is 9.47 Å². The Labute approximate surface area is 875 Å². The summed E-state index contributed by atoms with van der Waals surface area (Å²) in [6.07, 6.45) is 0. The normalized spacial score (nSPS) is 13.5. The molecule has 20 aromatic rings. The van der Waals surface area contributed by atoms with Crippen LogP contribution >= 0.6 is 0 Å². The van der Waals surface area contributed by atoms with Crippen molar-refractivity contribution in [3.05, 3.63) is 470 Å². The molecule has 7 aliphatic heterocycles. The van der Waals surface area contributed by atoms with Crippen LogP contribution in [0.1, 0.15) is 121 Å². The first-order chi connectivity index (χ1) is 72.3. The Balaban J connectivity index is 0.834. The molecule has 11 heteroatoms. The van der Waals surface area contributed by atoms with E-state index in [-0.39, 0.29) is 35.0 Å². The maximum absolute atomic E-state index is 16.6. The largest absolute Gasteiger partial charge is 0.457 e. The van der Waals surface area contributed by atoms with Crippen molar-refractivity contribution < 1.29 is 14.3 Å². The number of ether oxygens (including phenoxy) is 2. The molecule has 0 aliphatic carbocycles. The minimum absolute atomic E-state index is 0.0604. The zero-order valence-corrected chi connectivity index (χ0v) is 86.0. The number of hydrogen-bond acceptors (Lipinski definition) is 8. The maximum atomic E-state index is 16.6. The lowest BCUT2D eigenvalue weighted by molar-refractivity contribution is 0.0472. The molecule has 0 saturated carbocycles. The van der Waals surface area contributed by atoms with Gasteiger partial charge in [0.2, 0.25) is 0 Å². The summed E-state index contributed by atoms with van der Waals surface area (Å²) in [6, 6.07) is 163. The Bertz CT molecular complexity index is 8640. The highest BCUT2D eigenvalue weighted by Crippen LogP contribution is 2.60. The molecule has 0 unspecified atom stereocenters. The van der Waals surface area contributed by atoms with Crippen molar-refractivity contribution in [2.75, 3.05) is 24.5 Å². The molecular formula is C138H110B3N5O3. The highest BCUT2D eigenvalue weighted by atomic mass is 16.5. The minimum Gasteiger partial charge on any atom is -0.457 e. The predicted molar refractivity (Wildman–Crippen MR) is 628 cm³/mol. The molecule has 0 amide bonds. The summed E-state index contributed by atoms with van der Waals surface area (Å²) in [4.78, 5) is 29.8. The van der Waals surface area contributed by atoms with Crippen molar-refractivity contribution in [3.8, 4) is 101 Å². The van der Waals surface area contributed by atoms with Gasteiger partial charge in [-0.25, -0.2) is 4.79 Å². The molecule has 149 heavy (non-hydrogen) atoms. The van der Waals surface area contributed by atoms with Gasteiger partial charge in [0, 0.05) is 73.9 Å². The van der Waals surface area contributed by atoms with Crippen LogP contribution < -0.4 is 78.4 Å². The number of anilines is 15. The lowest BCUT2D eigenvalue weighted by Gasteiger charge is -2.53. The molecule has 0 bridgehead atoms. The molecule has 714 valence electrons. The van der Waals surface area contributed by atoms with Gasteiger partial charge in [-0.05, 0) is 309 Å². The monoisotopic (exact) mass is 1920 g/mol. The van der Waals surface area contributed by atoms with Crippen molar-refractivity contribution in [2.45, 2.75) is 111 Å². The summed E-state index contributed by atoms with van der Waals surface area (Å²) in [5.41, 5.74) is 47.7. The van der Waals surface area contributed by atoms with Crippen molar-refractivity contribution in [1.29, 1.82) is 0 Å². The number of rotatable bonds is 15. The van der Waals surface area contributed by atoms with Gasteiger partial charge in [-0.1, -0.05) is 399 Å². The SMILES string of the molecule is CC(C)(C)c1ccc2c(c1)B1c3cc4c(cc3N(c3cc(-c5ccccc5)cc(-c5ccccc5)c3)c3cc(C(=O)OCc5ccccc5)cc(c31)N2c1cc(-c2ccccc2)cc(-c2ccccc2)c1)N(c1cc(-c2ccccc2)cc(-c2ccccc2)c1)c1cc2c3c5c1B4c1cc(C(C)(C)C)cc4c1N5c1c(cc(C(C)(C)C)cc1B3c1cc(C(C)(C)C)ccc1N2c1cc(-c2ccccc2)cc(-c2ccccc2)c1)O4. The Morgan fingerprint density at radius 1 is 0.221 bits per heavy atom. The summed E-state index contributed by atoms with van der Waals surface area (Å²) >= 11 is 0. The Morgan fingerprint density at radius 3 is 0.772 bits per heavy atom. The number of nitrogens with zero attached hydrogens (tertiary/aromatic N) is 5. The zero-order chi connectivity index (χ0) is 101. The van der Waals surface area contributed by atoms with E-state index in [9.17, 15) is 0 Å². The van der Waals surface area contributed by atoms with E-state index in [1.54, 1.807) is 0 Å². The maximum Gasteiger partial charge on any atom is 0.338 e. The second kappa shape index (κ2) is 34.5. The van der Waals surface area contributed by atoms with Crippen LogP contribution in [0.3, 0.4) is 0 Å². The van der Waals surface area contributed by atoms with Crippen LogP contribution in [0.2, 0.25) is 0 Å². The first-order valence-electron chi connectivity index (χ1n) is 52.5. The Morgan fingerprint density at radius 2 is 0.477 bits per heavy atom. The number of hydrogen-bond donors (Lipinski definition) is 0. The van der Waals surface area contributed by atoms with Gasteiger partial charge in [-0.15, -0.1) is 0 Å². The molecule has 7 aliphatic rings. The van der Waals surface area contributed by atoms with Crippen molar-refractivity contribution in [2.24, 2.45) is 0 Å². The van der Waals surface area contributed by atoms with Crippen LogP contribution in [0.5, 0.6) is 11.5 Å². The summed E-state index contributed by atoms with van der Waals surface area (Å²) < 4.78 is 15.0. The molecule has 0 spiro atoms. The first-order valence-corrected chi connectivity index (χ1v) is 52.5. The van der Waals surface area contributed by atoms with Gasteiger partial charge in [0.15, 0.2) is 11.5 Å². The topological polar surface area (TPSA) is 51.7 Å². The van der Waals surface area contributed by atoms with Crippen LogP contribution in [0.25, 0.3) is 89.0 Å². The first kappa shape index (κ1) is 90.6. The fourth-order valence-electron chi connectivity index (χ4n) is 24.5. The Hall–Kier alpha value is -17.1. The molecule has 0 saturated heterocycles. The zero-order valence-electron chi connectivity index (χ0n) is 86.0. The van der Waals surface area contributed by atoms with Gasteiger partial charge in [-0.2, -0.15) is 0 Å². The van der Waals surface area contributed by atoms with E-state index in [0.717, 1.165) is 213 Å². The standard InChI is InChI=1S/C138H110B3N5O3/c1-135(2,3)104-58-60-118-112(76-104)139-114-82-115-121(83-120(114)144(110-70-99(91-50-32-18-33-51-91)64-100(71-110)92-52-34-19-35-53-92)123-75-103(134(147)148-85-86-40-22-13-23-41-86)74-122(128(123)139)142(118)108-66-95(87-42-24-14-25-43-87)62-96(67-108)88-44-26-15-27-45-88)145(111-72-101(93-54-36-20-37-55-93)65-102(73-111)94-56-38-21-39-57-94)125-84-124-129-133-130(125)141(115)117-79-107(138(10,11)12)81-127-132(117)146(133)131-116(78-106(137(7,8)9)80-126(131)149-127)140(129)113-77-105(136(4,5)6)59-61-119(113)143(124)109-68-97(89-46-28-16-29-47-89)63-98(69-109)90-48-30-17-31-49-90/h13-84H,85H2,1-12H3. The van der Waals surface area contributed by atoms with Crippen LogP contribution in [0.15, 0.2) is 437 Å². The molecule has 27 rings (SSSR count). The number of carbonyl (C=O) groups excluding carboxylic acids is 1. The third-order valence-corrected chi connectivity index (χ3v) is 31.9. The number of carbonyl (C=O) groups is 1. The van der Waals surface area contributed by atoms with E-state index in [2.05, 4.69) is 514 Å². The van der Waals surface area contributed by atoms with Crippen molar-refractivity contribution in [3.63, 3.8) is 0 Å². The van der Waals surface area contributed by atoms with Crippen LogP contribution in [0.4, 0.5) is 85.3 Å². The van der Waals surface area contributed by atoms with Crippen LogP contribution in [-0.4, -0.2) is 26.1 Å². The second-order valence-electron chi connectivity index (χ2n) is 45.5. The smallest absolute Gasteiger partial charge is 0.338 e. The number of fused-ring (bicyclic) bond motifs is 10. The van der Waals surface area contributed by atoms with Gasteiger partial charge < -0.3 is 34.0 Å². The average Bonchev–Trinajstić information content (AvgIpc) is 0.652. The highest BCUT2D eigenvalue weighted by molar-refractivity contribution is 7.06. The van der Waals surface area contributed by atoms with Gasteiger partial charge in [0.1, 0.15) is 6.61 Å². The van der Waals surface area contributed by atoms with E-state index in [0.29, 0.717) is 5.56 Å². The summed E-state index contributed by atoms with van der Waals surface area (Å²) in [6.45, 7) is 27.1. The van der Waals surface area contributed by atoms with Crippen molar-refractivity contribution in [1.82, 2.24) is 0 Å². The number of benzene rings is 20. The third kappa shape index (κ3) is 15.2. The number of esters is 1. The molecule has 7 heterocycles. The van der Waals surface area contributed by atoms with E-state index < -0.39 is 19.4 Å². The van der Waals surface area contributed by atoms with Crippen LogP contribution in [-0.2, 0) is 33.0 Å². The van der Waals surface area contributed by atoms with Gasteiger partial charge in [0.25, 0.3) is 20.1 Å². The highest BCUT2D eigenvalue weighted by Gasteiger charge is 2.57. The van der Waals surface area contributed by atoms with E-state index in [1.807, 2.05) is 30.3 Å². The van der Waals surface area contributed by atoms with Gasteiger partial charge >= 0.3 is 5.97 Å². The minimum atomic E-state index is -0.511. The molecule has 8 nitrogen and oxygen atoms in total. The quantitative estimate of drug-likeness (QED) is 0.0743. The fraction of sp³-hybridized carbons (Fsp3) is 0.123. The summed E-state index contributed by atoms with van der Waals surface area (Å²) in [5, 5.41) is 0. The van der Waals surface area contributed by atoms with E-state index >= 15 is 4.79 Å².